The molecule has 2 aliphatic carbocycles. The first-order valence-electron chi connectivity index (χ1n) is 14.9. The Morgan fingerprint density at radius 3 is 2.46 bits per heavy atom. The summed E-state index contributed by atoms with van der Waals surface area (Å²) in [6, 6.07) is 9.53. The topological polar surface area (TPSA) is 110 Å². The summed E-state index contributed by atoms with van der Waals surface area (Å²) >= 11 is 0. The van der Waals surface area contributed by atoms with Gasteiger partial charge in [-0.1, -0.05) is 12.8 Å². The Balaban J connectivity index is 1.30. The molecule has 2 heterocycles. The van der Waals surface area contributed by atoms with Crippen LogP contribution in [0.2, 0.25) is 0 Å². The Hall–Kier alpha value is -3.30. The fourth-order valence-electron chi connectivity index (χ4n) is 6.31. The van der Waals surface area contributed by atoms with Crippen LogP contribution < -0.4 is 20.3 Å². The standard InChI is InChI=1S/C32H42N4O5/c1-22(37)28-9-8-27(19-29(28)41-17-5-16-40-2)36(26-6-7-26)31(39)24-18-23(20-34-21-24)30(38)35-32(12-3-4-13-32)25-10-14-33-15-11-25/h8-11,14-15,19,23-24,26,34H,3-7,12-13,16-18,20-21H2,1-2H3,(H,35,38)/t23-,24+/m0/s1. The third-order valence-electron chi connectivity index (χ3n) is 8.65. The van der Waals surface area contributed by atoms with E-state index in [0.717, 1.165) is 49.8 Å². The number of ether oxygens (including phenoxy) is 2. The first-order valence-corrected chi connectivity index (χ1v) is 14.9. The summed E-state index contributed by atoms with van der Waals surface area (Å²) in [7, 11) is 1.64. The number of Topliss-reactive ketones (excluding diaryl/α,β-unsaturated/α-hetero) is 1. The van der Waals surface area contributed by atoms with Crippen molar-refractivity contribution >= 4 is 23.3 Å². The van der Waals surface area contributed by atoms with Crippen LogP contribution in [-0.4, -0.2) is 62.0 Å². The minimum Gasteiger partial charge on any atom is -0.493 e. The largest absolute Gasteiger partial charge is 0.493 e. The second kappa shape index (κ2) is 13.1. The van der Waals surface area contributed by atoms with Gasteiger partial charge in [0.2, 0.25) is 11.8 Å². The Bertz CT molecular complexity index is 1230. The molecule has 9 heteroatoms. The Labute approximate surface area is 242 Å². The highest BCUT2D eigenvalue weighted by Crippen LogP contribution is 2.40. The molecule has 2 amide bonds. The van der Waals surface area contributed by atoms with Gasteiger partial charge in [0.1, 0.15) is 5.75 Å². The second-order valence-electron chi connectivity index (χ2n) is 11.7. The van der Waals surface area contributed by atoms with E-state index in [4.69, 9.17) is 9.47 Å². The summed E-state index contributed by atoms with van der Waals surface area (Å²) in [6.45, 7) is 3.59. The van der Waals surface area contributed by atoms with Crippen molar-refractivity contribution in [2.24, 2.45) is 11.8 Å². The number of pyridine rings is 1. The summed E-state index contributed by atoms with van der Waals surface area (Å²) < 4.78 is 11.1. The molecule has 5 rings (SSSR count). The lowest BCUT2D eigenvalue weighted by Crippen LogP contribution is -2.53. The first-order chi connectivity index (χ1) is 19.9. The molecule has 0 bridgehead atoms. The highest BCUT2D eigenvalue weighted by molar-refractivity contribution is 6.00. The molecule has 2 aromatic rings. The zero-order valence-corrected chi connectivity index (χ0v) is 24.2. The Kier molecular flexibility index (Phi) is 9.35. The number of methoxy groups -OCH3 is 1. The van der Waals surface area contributed by atoms with Crippen molar-refractivity contribution in [3.8, 4) is 5.75 Å². The second-order valence-corrected chi connectivity index (χ2v) is 11.7. The van der Waals surface area contributed by atoms with E-state index in [1.165, 1.54) is 6.92 Å². The highest BCUT2D eigenvalue weighted by Gasteiger charge is 2.42. The van der Waals surface area contributed by atoms with Crippen molar-refractivity contribution in [3.05, 3.63) is 53.9 Å². The van der Waals surface area contributed by atoms with E-state index in [-0.39, 0.29) is 41.0 Å². The fourth-order valence-corrected chi connectivity index (χ4v) is 6.31. The summed E-state index contributed by atoms with van der Waals surface area (Å²) in [5, 5.41) is 6.76. The van der Waals surface area contributed by atoms with Gasteiger partial charge >= 0.3 is 0 Å². The van der Waals surface area contributed by atoms with Gasteiger partial charge in [-0.05, 0) is 68.9 Å². The smallest absolute Gasteiger partial charge is 0.231 e. The van der Waals surface area contributed by atoms with E-state index in [1.807, 2.05) is 29.2 Å². The van der Waals surface area contributed by atoms with Gasteiger partial charge in [-0.3, -0.25) is 19.4 Å². The maximum atomic E-state index is 14.0. The number of carbonyl (C=O) groups is 3. The molecule has 1 saturated heterocycles. The van der Waals surface area contributed by atoms with Crippen LogP contribution in [0.3, 0.4) is 0 Å². The van der Waals surface area contributed by atoms with E-state index < -0.39 is 0 Å². The lowest BCUT2D eigenvalue weighted by atomic mass is 9.85. The van der Waals surface area contributed by atoms with Crippen molar-refractivity contribution < 1.29 is 23.9 Å². The number of anilines is 1. The summed E-state index contributed by atoms with van der Waals surface area (Å²) in [5.41, 5.74) is 1.97. The number of carbonyl (C=O) groups excluding carboxylic acids is 3. The SMILES string of the molecule is COCCCOc1cc(N(C(=O)[C@H]2CNC[C@@H](C(=O)NC3(c4ccncc4)CCCC3)C2)C2CC2)ccc1C(C)=O. The molecule has 0 radical (unpaired) electrons. The number of benzene rings is 1. The highest BCUT2D eigenvalue weighted by atomic mass is 16.5. The molecular formula is C32H42N4O5. The van der Waals surface area contributed by atoms with Crippen LogP contribution in [0.4, 0.5) is 5.69 Å². The van der Waals surface area contributed by atoms with Crippen molar-refractivity contribution in [2.45, 2.75) is 69.9 Å². The van der Waals surface area contributed by atoms with Crippen LogP contribution in [0.5, 0.6) is 5.75 Å². The van der Waals surface area contributed by atoms with Gasteiger partial charge in [0.25, 0.3) is 0 Å². The molecule has 220 valence electrons. The summed E-state index contributed by atoms with van der Waals surface area (Å²) in [5.74, 6) is -0.189. The molecule has 2 saturated carbocycles. The molecule has 1 aromatic carbocycles. The summed E-state index contributed by atoms with van der Waals surface area (Å²) in [4.78, 5) is 45.9. The van der Waals surface area contributed by atoms with Gasteiger partial charge in [0.05, 0.1) is 29.5 Å². The molecular weight excluding hydrogens is 520 g/mol. The molecule has 9 nitrogen and oxygen atoms in total. The molecule has 2 N–H and O–H groups in total. The minimum atomic E-state index is -0.366. The van der Waals surface area contributed by atoms with E-state index >= 15 is 0 Å². The number of nitrogens with zero attached hydrogens (tertiary/aromatic N) is 2. The predicted octanol–water partition coefficient (Wildman–Crippen LogP) is 4.01. The van der Waals surface area contributed by atoms with Crippen LogP contribution in [0.15, 0.2) is 42.7 Å². The monoisotopic (exact) mass is 562 g/mol. The maximum absolute atomic E-state index is 14.0. The van der Waals surface area contributed by atoms with E-state index in [9.17, 15) is 14.4 Å². The maximum Gasteiger partial charge on any atom is 0.231 e. The van der Waals surface area contributed by atoms with Crippen LogP contribution >= 0.6 is 0 Å². The number of hydrogen-bond acceptors (Lipinski definition) is 7. The quantitative estimate of drug-likeness (QED) is 0.297. The lowest BCUT2D eigenvalue weighted by Gasteiger charge is -2.36. The fraction of sp³-hybridized carbons (Fsp3) is 0.562. The van der Waals surface area contributed by atoms with Crippen LogP contribution in [0.25, 0.3) is 0 Å². The average Bonchev–Trinajstić information content (AvgIpc) is 3.71. The molecule has 41 heavy (non-hydrogen) atoms. The van der Waals surface area contributed by atoms with Gasteiger partial charge in [0.15, 0.2) is 5.78 Å². The van der Waals surface area contributed by atoms with Gasteiger partial charge in [-0.25, -0.2) is 0 Å². The number of nitrogens with one attached hydrogen (secondary N) is 2. The molecule has 2 atom stereocenters. The molecule has 0 unspecified atom stereocenters. The van der Waals surface area contributed by atoms with E-state index in [0.29, 0.717) is 50.5 Å². The van der Waals surface area contributed by atoms with Crippen molar-refractivity contribution in [2.75, 3.05) is 38.3 Å². The van der Waals surface area contributed by atoms with Gasteiger partial charge in [0, 0.05) is 63.4 Å². The van der Waals surface area contributed by atoms with Crippen molar-refractivity contribution in [3.63, 3.8) is 0 Å². The van der Waals surface area contributed by atoms with Gasteiger partial charge in [-0.2, -0.15) is 0 Å². The van der Waals surface area contributed by atoms with Gasteiger partial charge < -0.3 is 25.0 Å². The van der Waals surface area contributed by atoms with Crippen LogP contribution in [0.1, 0.15) is 74.2 Å². The molecule has 0 spiro atoms. The van der Waals surface area contributed by atoms with Crippen LogP contribution in [-0.2, 0) is 19.9 Å². The predicted molar refractivity (Wildman–Crippen MR) is 156 cm³/mol. The Morgan fingerprint density at radius 2 is 1.78 bits per heavy atom. The van der Waals surface area contributed by atoms with E-state index in [2.05, 4.69) is 15.6 Å². The third kappa shape index (κ3) is 6.79. The molecule has 3 aliphatic rings. The Morgan fingerprint density at radius 1 is 1.05 bits per heavy atom. The zero-order valence-electron chi connectivity index (χ0n) is 24.2. The van der Waals surface area contributed by atoms with Crippen molar-refractivity contribution in [1.82, 2.24) is 15.6 Å². The summed E-state index contributed by atoms with van der Waals surface area (Å²) in [6.07, 6.45) is 10.6. The molecule has 3 fully saturated rings. The first kappa shape index (κ1) is 29.2. The molecule has 1 aromatic heterocycles. The number of aromatic nitrogens is 1. The average molecular weight is 563 g/mol. The van der Waals surface area contributed by atoms with Crippen LogP contribution in [0, 0.1) is 11.8 Å². The number of rotatable bonds is 12. The number of hydrogen-bond donors (Lipinski definition) is 2. The number of ketones is 1. The normalized spacial score (nSPS) is 21.7. The number of piperidine rings is 1. The number of amides is 2. The molecule has 1 aliphatic heterocycles. The lowest BCUT2D eigenvalue weighted by molar-refractivity contribution is -0.130. The van der Waals surface area contributed by atoms with Gasteiger partial charge in [-0.15, -0.1) is 0 Å². The van der Waals surface area contributed by atoms with E-state index in [1.54, 1.807) is 25.6 Å². The minimum absolute atomic E-state index is 0.00393. The van der Waals surface area contributed by atoms with Crippen molar-refractivity contribution in [1.29, 1.82) is 0 Å². The zero-order chi connectivity index (χ0) is 28.8. The third-order valence-corrected chi connectivity index (χ3v) is 8.65.